The van der Waals surface area contributed by atoms with Gasteiger partial charge in [0.25, 0.3) is 0 Å². The first-order valence-corrected chi connectivity index (χ1v) is 9.31. The molecule has 0 spiro atoms. The number of carbonyl (C=O) groups is 2. The van der Waals surface area contributed by atoms with Gasteiger partial charge in [-0.1, -0.05) is 6.07 Å². The van der Waals surface area contributed by atoms with Gasteiger partial charge < -0.3 is 19.5 Å². The Kier molecular flexibility index (Phi) is 8.39. The molecule has 1 saturated heterocycles. The van der Waals surface area contributed by atoms with Gasteiger partial charge in [0.1, 0.15) is 6.61 Å². The van der Waals surface area contributed by atoms with E-state index in [4.69, 9.17) is 19.4 Å². The van der Waals surface area contributed by atoms with Crippen molar-refractivity contribution in [3.63, 3.8) is 0 Å². The van der Waals surface area contributed by atoms with E-state index in [0.29, 0.717) is 0 Å². The first-order valence-electron chi connectivity index (χ1n) is 9.31. The summed E-state index contributed by atoms with van der Waals surface area (Å²) in [6.07, 6.45) is 2.95. The fourth-order valence-electron chi connectivity index (χ4n) is 3.08. The Morgan fingerprint density at radius 1 is 1.31 bits per heavy atom. The lowest BCUT2D eigenvalue weighted by molar-refractivity contribution is -0.192. The third kappa shape index (κ3) is 7.62. The van der Waals surface area contributed by atoms with Crippen molar-refractivity contribution in [3.8, 4) is 0 Å². The van der Waals surface area contributed by atoms with Gasteiger partial charge in [0.15, 0.2) is 0 Å². The van der Waals surface area contributed by atoms with Crippen LogP contribution in [-0.2, 0) is 25.5 Å². The maximum absolute atomic E-state index is 12.3. The number of rotatable bonds is 7. The summed E-state index contributed by atoms with van der Waals surface area (Å²) in [5.74, 6) is -1.97. The average Bonchev–Trinajstić information content (AvgIpc) is 3.41. The second kappa shape index (κ2) is 10.5. The monoisotopic (exact) mass is 418 g/mol. The molecule has 162 valence electrons. The van der Waals surface area contributed by atoms with Gasteiger partial charge in [-0.3, -0.25) is 9.78 Å². The summed E-state index contributed by atoms with van der Waals surface area (Å²) in [7, 11) is 1.56. The number of carboxylic acid groups (broad SMARTS) is 1. The largest absolute Gasteiger partial charge is 0.490 e. The summed E-state index contributed by atoms with van der Waals surface area (Å²) in [4.78, 5) is 27.3. The van der Waals surface area contributed by atoms with Crippen molar-refractivity contribution >= 4 is 11.9 Å². The lowest BCUT2D eigenvalue weighted by Gasteiger charge is -2.28. The summed E-state index contributed by atoms with van der Waals surface area (Å²) < 4.78 is 42.9. The molecule has 0 aromatic carbocycles. The molecule has 0 radical (unpaired) electrons. The number of carboxylic acids is 1. The molecule has 2 fully saturated rings. The van der Waals surface area contributed by atoms with Crippen LogP contribution in [0.3, 0.4) is 0 Å². The van der Waals surface area contributed by atoms with E-state index < -0.39 is 12.1 Å². The summed E-state index contributed by atoms with van der Waals surface area (Å²) in [5.41, 5.74) is 1.14. The van der Waals surface area contributed by atoms with Gasteiger partial charge in [0, 0.05) is 32.7 Å². The van der Waals surface area contributed by atoms with Crippen molar-refractivity contribution in [1.82, 2.24) is 9.88 Å². The first kappa shape index (κ1) is 23.1. The smallest absolute Gasteiger partial charge is 0.475 e. The van der Waals surface area contributed by atoms with Gasteiger partial charge in [-0.15, -0.1) is 0 Å². The Bertz CT molecular complexity index is 668. The zero-order valence-corrected chi connectivity index (χ0v) is 16.1. The van der Waals surface area contributed by atoms with E-state index >= 15 is 0 Å². The van der Waals surface area contributed by atoms with Gasteiger partial charge >= 0.3 is 12.1 Å². The highest BCUT2D eigenvalue weighted by Gasteiger charge is 2.39. The SMILES string of the molecule is COCC(=O)N1CC[C@@H](OCC2CC2)[C@@H]1Cc1cccnc1.O=C(O)C(F)(F)F. The molecule has 1 amide bonds. The standard InChI is InChI=1S/C17H24N2O3.C2HF3O2/c1-21-12-17(20)19-8-6-16(22-11-13-4-5-13)15(19)9-14-3-2-7-18-10-14;3-2(4,5)1(6)7/h2-3,7,10,13,15-16H,4-6,8-9,11-12H2,1H3;(H,6,7)/t15-,16+;/m0./s1. The zero-order chi connectivity index (χ0) is 21.4. The minimum Gasteiger partial charge on any atom is -0.475 e. The van der Waals surface area contributed by atoms with E-state index in [1.165, 1.54) is 12.8 Å². The number of amides is 1. The number of pyridine rings is 1. The van der Waals surface area contributed by atoms with Crippen LogP contribution in [0.15, 0.2) is 24.5 Å². The number of alkyl halides is 3. The summed E-state index contributed by atoms with van der Waals surface area (Å²) in [6, 6.07) is 4.08. The number of likely N-dealkylation sites (tertiary alicyclic amines) is 1. The van der Waals surface area contributed by atoms with Crippen LogP contribution in [0.4, 0.5) is 13.2 Å². The Morgan fingerprint density at radius 3 is 2.52 bits per heavy atom. The molecule has 2 heterocycles. The van der Waals surface area contributed by atoms with Gasteiger partial charge in [0.2, 0.25) is 5.91 Å². The maximum Gasteiger partial charge on any atom is 0.490 e. The second-order valence-electron chi connectivity index (χ2n) is 7.06. The topological polar surface area (TPSA) is 89.0 Å². The molecular formula is C19H25F3N2O5. The van der Waals surface area contributed by atoms with Crippen molar-refractivity contribution in [2.24, 2.45) is 5.92 Å². The summed E-state index contributed by atoms with van der Waals surface area (Å²) in [5, 5.41) is 7.12. The van der Waals surface area contributed by atoms with Gasteiger partial charge in [-0.2, -0.15) is 13.2 Å². The van der Waals surface area contributed by atoms with Crippen LogP contribution < -0.4 is 0 Å². The number of hydrogen-bond donors (Lipinski definition) is 1. The van der Waals surface area contributed by atoms with Crippen LogP contribution in [0, 0.1) is 5.92 Å². The van der Waals surface area contributed by atoms with Gasteiger partial charge in [0.05, 0.1) is 12.1 Å². The number of aliphatic carboxylic acids is 1. The third-order valence-electron chi connectivity index (χ3n) is 4.73. The normalized spacial score (nSPS) is 21.4. The highest BCUT2D eigenvalue weighted by atomic mass is 19.4. The molecule has 1 aromatic rings. The predicted octanol–water partition coefficient (Wildman–Crippen LogP) is 2.30. The number of methoxy groups -OCH3 is 1. The molecule has 0 unspecified atom stereocenters. The van der Waals surface area contributed by atoms with Crippen LogP contribution in [0.5, 0.6) is 0 Å². The molecule has 3 rings (SSSR count). The van der Waals surface area contributed by atoms with Crippen LogP contribution in [0.1, 0.15) is 24.8 Å². The molecule has 2 aliphatic rings. The molecule has 1 aromatic heterocycles. The molecule has 1 aliphatic heterocycles. The number of carbonyl (C=O) groups excluding carboxylic acids is 1. The van der Waals surface area contributed by atoms with Crippen molar-refractivity contribution in [2.45, 2.75) is 44.0 Å². The average molecular weight is 418 g/mol. The second-order valence-corrected chi connectivity index (χ2v) is 7.06. The number of halogens is 3. The van der Waals surface area contributed by atoms with E-state index in [0.717, 1.165) is 37.5 Å². The minimum atomic E-state index is -5.08. The molecule has 1 saturated carbocycles. The lowest BCUT2D eigenvalue weighted by Crippen LogP contribution is -2.43. The van der Waals surface area contributed by atoms with Gasteiger partial charge in [-0.25, -0.2) is 4.79 Å². The van der Waals surface area contributed by atoms with E-state index in [-0.39, 0.29) is 24.7 Å². The molecule has 2 atom stereocenters. The third-order valence-corrected chi connectivity index (χ3v) is 4.73. The van der Waals surface area contributed by atoms with Crippen LogP contribution in [-0.4, -0.2) is 72.1 Å². The predicted molar refractivity (Wildman–Crippen MR) is 96.1 cm³/mol. The number of hydrogen-bond acceptors (Lipinski definition) is 5. The fraction of sp³-hybridized carbons (Fsp3) is 0.632. The van der Waals surface area contributed by atoms with E-state index in [2.05, 4.69) is 11.1 Å². The highest BCUT2D eigenvalue weighted by molar-refractivity contribution is 5.78. The summed E-state index contributed by atoms with van der Waals surface area (Å²) >= 11 is 0. The first-order chi connectivity index (χ1) is 13.7. The van der Waals surface area contributed by atoms with Crippen molar-refractivity contribution in [2.75, 3.05) is 26.9 Å². The summed E-state index contributed by atoms with van der Waals surface area (Å²) in [6.45, 7) is 1.72. The molecule has 7 nitrogen and oxygen atoms in total. The van der Waals surface area contributed by atoms with E-state index in [1.54, 1.807) is 13.3 Å². The molecule has 29 heavy (non-hydrogen) atoms. The van der Waals surface area contributed by atoms with Crippen molar-refractivity contribution in [1.29, 1.82) is 0 Å². The van der Waals surface area contributed by atoms with Gasteiger partial charge in [-0.05, 0) is 43.2 Å². The number of nitrogens with zero attached hydrogens (tertiary/aromatic N) is 2. The van der Waals surface area contributed by atoms with Crippen molar-refractivity contribution in [3.05, 3.63) is 30.1 Å². The van der Waals surface area contributed by atoms with Crippen LogP contribution in [0.2, 0.25) is 0 Å². The van der Waals surface area contributed by atoms with E-state index in [1.807, 2.05) is 17.2 Å². The molecule has 10 heteroatoms. The Morgan fingerprint density at radius 2 is 2.00 bits per heavy atom. The number of aromatic nitrogens is 1. The van der Waals surface area contributed by atoms with Crippen LogP contribution >= 0.6 is 0 Å². The highest BCUT2D eigenvalue weighted by Crippen LogP contribution is 2.32. The van der Waals surface area contributed by atoms with Crippen molar-refractivity contribution < 1.29 is 37.3 Å². The Hall–Kier alpha value is -2.20. The maximum atomic E-state index is 12.3. The fourth-order valence-corrected chi connectivity index (χ4v) is 3.08. The minimum absolute atomic E-state index is 0.0499. The quantitative estimate of drug-likeness (QED) is 0.731. The van der Waals surface area contributed by atoms with Crippen LogP contribution in [0.25, 0.3) is 0 Å². The molecule has 1 N–H and O–H groups in total. The zero-order valence-electron chi connectivity index (χ0n) is 16.1. The molecule has 1 aliphatic carbocycles. The van der Waals surface area contributed by atoms with E-state index in [9.17, 15) is 18.0 Å². The Labute approximate surface area is 166 Å². The lowest BCUT2D eigenvalue weighted by atomic mass is 10.0. The Balaban J connectivity index is 0.000000370. The molecular weight excluding hydrogens is 393 g/mol. The molecule has 0 bridgehead atoms. The number of ether oxygens (including phenoxy) is 2.